The first-order valence-corrected chi connectivity index (χ1v) is 6.78. The molecule has 1 aliphatic rings. The van der Waals surface area contributed by atoms with Gasteiger partial charge in [-0.2, -0.15) is 0 Å². The van der Waals surface area contributed by atoms with Crippen LogP contribution in [-0.2, 0) is 17.1 Å². The van der Waals surface area contributed by atoms with Gasteiger partial charge in [0.2, 0.25) is 0 Å². The molecule has 0 amide bonds. The van der Waals surface area contributed by atoms with E-state index in [0.29, 0.717) is 6.61 Å². The van der Waals surface area contributed by atoms with Crippen LogP contribution in [0.4, 0.5) is 8.78 Å². The second kappa shape index (κ2) is 5.97. The first kappa shape index (κ1) is 14.4. The minimum atomic E-state index is -2.77. The highest BCUT2D eigenvalue weighted by molar-refractivity contribution is 5.28. The number of halogens is 2. The topological polar surface area (TPSA) is 21.3 Å². The summed E-state index contributed by atoms with van der Waals surface area (Å²) in [5.41, 5.74) is 1.04. The fourth-order valence-corrected chi connectivity index (χ4v) is 2.27. The van der Waals surface area contributed by atoms with Crippen LogP contribution in [0.1, 0.15) is 25.0 Å². The van der Waals surface area contributed by atoms with Gasteiger partial charge in [-0.15, -0.1) is 0 Å². The lowest BCUT2D eigenvalue weighted by molar-refractivity contribution is -0.0514. The quantitative estimate of drug-likeness (QED) is 0.907. The van der Waals surface area contributed by atoms with Crippen molar-refractivity contribution in [1.29, 1.82) is 0 Å². The van der Waals surface area contributed by atoms with Crippen molar-refractivity contribution in [3.8, 4) is 0 Å². The van der Waals surface area contributed by atoms with E-state index in [1.807, 2.05) is 6.07 Å². The van der Waals surface area contributed by atoms with E-state index >= 15 is 0 Å². The molecule has 1 unspecified atom stereocenters. The number of hydrogen-bond donors (Lipinski definition) is 1. The van der Waals surface area contributed by atoms with Crippen molar-refractivity contribution >= 4 is 0 Å². The molecule has 1 N–H and O–H groups in total. The molecular weight excluding hydrogens is 248 g/mol. The molecule has 1 fully saturated rings. The number of rotatable bonds is 4. The molecule has 2 nitrogen and oxygen atoms in total. The van der Waals surface area contributed by atoms with Crippen LogP contribution in [-0.4, -0.2) is 25.8 Å². The van der Waals surface area contributed by atoms with Crippen molar-refractivity contribution in [3.05, 3.63) is 35.4 Å². The minimum Gasteiger partial charge on any atom is -0.379 e. The molecule has 1 aliphatic heterocycles. The Morgan fingerprint density at radius 1 is 1.42 bits per heavy atom. The molecule has 0 radical (unpaired) electrons. The molecule has 1 heterocycles. The van der Waals surface area contributed by atoms with Crippen molar-refractivity contribution in [2.24, 2.45) is 5.92 Å². The van der Waals surface area contributed by atoms with E-state index in [1.165, 1.54) is 6.07 Å². The highest BCUT2D eigenvalue weighted by Crippen LogP contribution is 2.35. The maximum Gasteiger partial charge on any atom is 0.275 e. The van der Waals surface area contributed by atoms with Gasteiger partial charge in [0.25, 0.3) is 5.92 Å². The summed E-state index contributed by atoms with van der Waals surface area (Å²) in [5.74, 6) is -3.47. The molecule has 0 aliphatic carbocycles. The number of alkyl halides is 2. The van der Waals surface area contributed by atoms with Crippen LogP contribution < -0.4 is 5.32 Å². The van der Waals surface area contributed by atoms with E-state index in [1.54, 1.807) is 26.0 Å². The zero-order valence-corrected chi connectivity index (χ0v) is 11.5. The molecule has 1 atom stereocenters. The predicted octanol–water partition coefficient (Wildman–Crippen LogP) is 2.97. The normalized spacial score (nSPS) is 20.8. The fraction of sp³-hybridized carbons (Fsp3) is 0.600. The standard InChI is InChI=1S/C15H21F2NO/c1-11(2)15(16,17)13-5-3-4-12(8-13)9-14-10-19-7-6-18-14/h3-5,8,11,14,18H,6-7,9-10H2,1-2H3. The Labute approximate surface area is 113 Å². The Balaban J connectivity index is 2.10. The largest absolute Gasteiger partial charge is 0.379 e. The molecule has 106 valence electrons. The Kier molecular flexibility index (Phi) is 4.53. The number of ether oxygens (including phenoxy) is 1. The average molecular weight is 269 g/mol. The van der Waals surface area contributed by atoms with Gasteiger partial charge in [-0.05, 0) is 18.1 Å². The van der Waals surface area contributed by atoms with E-state index in [9.17, 15) is 8.78 Å². The van der Waals surface area contributed by atoms with E-state index in [2.05, 4.69) is 5.32 Å². The first-order chi connectivity index (χ1) is 9.00. The Morgan fingerprint density at radius 2 is 2.21 bits per heavy atom. The lowest BCUT2D eigenvalue weighted by atomic mass is 9.94. The number of benzene rings is 1. The third kappa shape index (κ3) is 3.51. The van der Waals surface area contributed by atoms with Crippen molar-refractivity contribution < 1.29 is 13.5 Å². The van der Waals surface area contributed by atoms with E-state index in [0.717, 1.165) is 25.1 Å². The summed E-state index contributed by atoms with van der Waals surface area (Å²) in [4.78, 5) is 0. The van der Waals surface area contributed by atoms with Gasteiger partial charge in [-0.25, -0.2) is 8.78 Å². The van der Waals surface area contributed by atoms with Crippen LogP contribution in [0.25, 0.3) is 0 Å². The van der Waals surface area contributed by atoms with E-state index in [4.69, 9.17) is 4.74 Å². The zero-order chi connectivity index (χ0) is 13.9. The smallest absolute Gasteiger partial charge is 0.275 e. The molecule has 0 aromatic heterocycles. The van der Waals surface area contributed by atoms with Gasteiger partial charge in [0.1, 0.15) is 0 Å². The van der Waals surface area contributed by atoms with Gasteiger partial charge in [0, 0.05) is 24.1 Å². The molecule has 1 saturated heterocycles. The lowest BCUT2D eigenvalue weighted by Crippen LogP contribution is -2.42. The molecular formula is C15H21F2NO. The third-order valence-electron chi connectivity index (χ3n) is 3.52. The van der Waals surface area contributed by atoms with Gasteiger partial charge in [0.15, 0.2) is 0 Å². The van der Waals surface area contributed by atoms with Gasteiger partial charge >= 0.3 is 0 Å². The molecule has 1 aromatic rings. The average Bonchev–Trinajstić information content (AvgIpc) is 2.40. The van der Waals surface area contributed by atoms with Gasteiger partial charge < -0.3 is 10.1 Å². The maximum atomic E-state index is 14.0. The third-order valence-corrected chi connectivity index (χ3v) is 3.52. The molecule has 1 aromatic carbocycles. The summed E-state index contributed by atoms with van der Waals surface area (Å²) in [6.07, 6.45) is 0.724. The number of nitrogens with one attached hydrogen (secondary N) is 1. The van der Waals surface area contributed by atoms with Crippen LogP contribution >= 0.6 is 0 Å². The highest BCUT2D eigenvalue weighted by Gasteiger charge is 2.35. The van der Waals surface area contributed by atoms with Gasteiger partial charge in [-0.1, -0.05) is 32.0 Å². The number of morpholine rings is 1. The fourth-order valence-electron chi connectivity index (χ4n) is 2.27. The summed E-state index contributed by atoms with van der Waals surface area (Å²) in [6, 6.07) is 6.96. The zero-order valence-electron chi connectivity index (χ0n) is 11.5. The molecule has 0 saturated carbocycles. The Hall–Kier alpha value is -1.00. The summed E-state index contributed by atoms with van der Waals surface area (Å²) in [5, 5.41) is 3.34. The Bertz CT molecular complexity index is 414. The van der Waals surface area contributed by atoms with Crippen molar-refractivity contribution in [3.63, 3.8) is 0 Å². The minimum absolute atomic E-state index is 0.108. The summed E-state index contributed by atoms with van der Waals surface area (Å²) >= 11 is 0. The van der Waals surface area contributed by atoms with E-state index < -0.39 is 11.8 Å². The molecule has 4 heteroatoms. The van der Waals surface area contributed by atoms with Crippen molar-refractivity contribution in [2.75, 3.05) is 19.8 Å². The molecule has 0 spiro atoms. The van der Waals surface area contributed by atoms with Crippen LogP contribution in [0.3, 0.4) is 0 Å². The van der Waals surface area contributed by atoms with Gasteiger partial charge in [-0.3, -0.25) is 0 Å². The molecule has 2 rings (SSSR count). The SMILES string of the molecule is CC(C)C(F)(F)c1cccc(CC2COCCN2)c1. The first-order valence-electron chi connectivity index (χ1n) is 6.78. The van der Waals surface area contributed by atoms with Crippen LogP contribution in [0, 0.1) is 5.92 Å². The van der Waals surface area contributed by atoms with Crippen molar-refractivity contribution in [1.82, 2.24) is 5.32 Å². The maximum absolute atomic E-state index is 14.0. The van der Waals surface area contributed by atoms with Crippen molar-refractivity contribution in [2.45, 2.75) is 32.2 Å². The van der Waals surface area contributed by atoms with Gasteiger partial charge in [0.05, 0.1) is 13.2 Å². The summed E-state index contributed by atoms with van der Waals surface area (Å²) < 4.78 is 33.4. The molecule has 0 bridgehead atoms. The van der Waals surface area contributed by atoms with Crippen LogP contribution in [0.15, 0.2) is 24.3 Å². The summed E-state index contributed by atoms with van der Waals surface area (Å²) in [6.45, 7) is 5.28. The highest BCUT2D eigenvalue weighted by atomic mass is 19.3. The summed E-state index contributed by atoms with van der Waals surface area (Å²) in [7, 11) is 0. The molecule has 19 heavy (non-hydrogen) atoms. The lowest BCUT2D eigenvalue weighted by Gasteiger charge is -2.25. The second-order valence-electron chi connectivity index (χ2n) is 5.41. The Morgan fingerprint density at radius 3 is 2.84 bits per heavy atom. The number of hydrogen-bond acceptors (Lipinski definition) is 2. The van der Waals surface area contributed by atoms with Crippen LogP contribution in [0.2, 0.25) is 0 Å². The monoisotopic (exact) mass is 269 g/mol. The van der Waals surface area contributed by atoms with Crippen LogP contribution in [0.5, 0.6) is 0 Å². The predicted molar refractivity (Wildman–Crippen MR) is 71.5 cm³/mol. The second-order valence-corrected chi connectivity index (χ2v) is 5.41. The van der Waals surface area contributed by atoms with E-state index in [-0.39, 0.29) is 11.6 Å².